The Morgan fingerprint density at radius 3 is 2.55 bits per heavy atom. The van der Waals surface area contributed by atoms with Crippen molar-refractivity contribution in [2.75, 3.05) is 7.11 Å². The highest BCUT2D eigenvalue weighted by molar-refractivity contribution is 6.02. The second-order valence-corrected chi connectivity index (χ2v) is 5.88. The molecule has 0 bridgehead atoms. The lowest BCUT2D eigenvalue weighted by Gasteiger charge is -2.08. The first kappa shape index (κ1) is 13.1. The van der Waals surface area contributed by atoms with Gasteiger partial charge in [0.2, 0.25) is 0 Å². The first-order valence-corrected chi connectivity index (χ1v) is 7.39. The van der Waals surface area contributed by atoms with Crippen LogP contribution in [0.4, 0.5) is 0 Å². The maximum atomic E-state index is 12.1. The Bertz CT molecular complexity index is 831. The van der Waals surface area contributed by atoms with Crippen LogP contribution >= 0.6 is 0 Å². The predicted molar refractivity (Wildman–Crippen MR) is 83.7 cm³/mol. The number of aromatic hydroxyl groups is 1. The highest BCUT2D eigenvalue weighted by atomic mass is 16.5. The van der Waals surface area contributed by atoms with E-state index in [-0.39, 0.29) is 11.7 Å². The first-order chi connectivity index (χ1) is 10.7. The second kappa shape index (κ2) is 4.73. The maximum Gasteiger partial charge on any atom is 0.334 e. The third-order valence-corrected chi connectivity index (χ3v) is 4.64. The van der Waals surface area contributed by atoms with E-state index in [1.54, 1.807) is 6.07 Å². The zero-order valence-corrected chi connectivity index (χ0v) is 12.3. The minimum Gasteiger partial charge on any atom is -0.508 e. The van der Waals surface area contributed by atoms with Crippen molar-refractivity contribution in [3.05, 3.63) is 69.8 Å². The SMILES string of the molecule is COC(=O)C1=C2Cc3ccc(O)cc3Cc3cccc(c32)C1. The van der Waals surface area contributed by atoms with Crippen LogP contribution in [-0.2, 0) is 28.8 Å². The van der Waals surface area contributed by atoms with Gasteiger partial charge in [-0.3, -0.25) is 0 Å². The third-order valence-electron chi connectivity index (χ3n) is 4.64. The van der Waals surface area contributed by atoms with Crippen LogP contribution in [0, 0.1) is 0 Å². The van der Waals surface area contributed by atoms with Gasteiger partial charge in [-0.25, -0.2) is 4.79 Å². The minimum atomic E-state index is -0.237. The van der Waals surface area contributed by atoms with Crippen LogP contribution in [0.15, 0.2) is 42.0 Å². The van der Waals surface area contributed by atoms with Gasteiger partial charge < -0.3 is 9.84 Å². The Morgan fingerprint density at radius 2 is 1.77 bits per heavy atom. The molecule has 0 aromatic heterocycles. The van der Waals surface area contributed by atoms with E-state index in [2.05, 4.69) is 12.1 Å². The Labute approximate surface area is 128 Å². The number of hydrogen-bond donors (Lipinski definition) is 1. The van der Waals surface area contributed by atoms with Crippen molar-refractivity contribution in [1.29, 1.82) is 0 Å². The molecular weight excluding hydrogens is 276 g/mol. The van der Waals surface area contributed by atoms with Crippen LogP contribution in [-0.4, -0.2) is 18.2 Å². The molecule has 0 fully saturated rings. The molecule has 2 aromatic carbocycles. The van der Waals surface area contributed by atoms with Gasteiger partial charge in [-0.05, 0) is 58.4 Å². The van der Waals surface area contributed by atoms with Crippen LogP contribution in [0.25, 0.3) is 5.57 Å². The summed E-state index contributed by atoms with van der Waals surface area (Å²) >= 11 is 0. The Balaban J connectivity index is 1.96. The van der Waals surface area contributed by atoms with Crippen molar-refractivity contribution >= 4 is 11.5 Å². The Kier molecular flexibility index (Phi) is 2.83. The van der Waals surface area contributed by atoms with E-state index in [9.17, 15) is 9.90 Å². The molecule has 0 saturated heterocycles. The highest BCUT2D eigenvalue weighted by Crippen LogP contribution is 2.41. The fraction of sp³-hybridized carbons (Fsp3) is 0.211. The minimum absolute atomic E-state index is 0.237. The number of phenolic OH excluding ortho intramolecular Hbond substituents is 1. The monoisotopic (exact) mass is 292 g/mol. The van der Waals surface area contributed by atoms with Gasteiger partial charge in [0.05, 0.1) is 7.11 Å². The molecule has 1 N–H and O–H groups in total. The number of allylic oxidation sites excluding steroid dienone is 1. The highest BCUT2D eigenvalue weighted by Gasteiger charge is 2.31. The number of carbonyl (C=O) groups is 1. The van der Waals surface area contributed by atoms with Gasteiger partial charge in [0.25, 0.3) is 0 Å². The lowest BCUT2D eigenvalue weighted by molar-refractivity contribution is -0.136. The van der Waals surface area contributed by atoms with Crippen molar-refractivity contribution < 1.29 is 14.6 Å². The summed E-state index contributed by atoms with van der Waals surface area (Å²) in [5, 5.41) is 9.75. The van der Waals surface area contributed by atoms with Crippen molar-refractivity contribution in [3.63, 3.8) is 0 Å². The van der Waals surface area contributed by atoms with Gasteiger partial charge >= 0.3 is 5.97 Å². The van der Waals surface area contributed by atoms with E-state index < -0.39 is 0 Å². The molecule has 4 rings (SSSR count). The number of carbonyl (C=O) groups excluding carboxylic acids is 1. The molecule has 0 atom stereocenters. The normalized spacial score (nSPS) is 15.1. The molecule has 0 spiro atoms. The van der Waals surface area contributed by atoms with E-state index in [4.69, 9.17) is 4.74 Å². The average molecular weight is 292 g/mol. The standard InChI is InChI=1S/C19H16O3/c1-22-19(21)17-10-13-4-2-3-12-7-14-8-15(20)6-5-11(14)9-16(17)18(12)13/h2-6,8,20H,7,9-10H2,1H3. The number of fused-ring (bicyclic) bond motifs is 1. The third kappa shape index (κ3) is 1.86. The number of methoxy groups -OCH3 is 1. The van der Waals surface area contributed by atoms with Crippen molar-refractivity contribution in [1.82, 2.24) is 0 Å². The Hall–Kier alpha value is -2.55. The molecule has 0 amide bonds. The largest absolute Gasteiger partial charge is 0.508 e. The van der Waals surface area contributed by atoms with E-state index in [1.165, 1.54) is 29.4 Å². The first-order valence-electron chi connectivity index (χ1n) is 7.39. The van der Waals surface area contributed by atoms with Gasteiger partial charge in [-0.15, -0.1) is 0 Å². The fourth-order valence-corrected chi connectivity index (χ4v) is 3.64. The number of phenols is 1. The summed E-state index contributed by atoms with van der Waals surface area (Å²) in [7, 11) is 1.43. The fourth-order valence-electron chi connectivity index (χ4n) is 3.64. The van der Waals surface area contributed by atoms with Gasteiger partial charge in [0.15, 0.2) is 0 Å². The maximum absolute atomic E-state index is 12.1. The number of hydrogen-bond acceptors (Lipinski definition) is 3. The molecule has 110 valence electrons. The lowest BCUT2D eigenvalue weighted by atomic mass is 9.97. The number of ether oxygens (including phenoxy) is 1. The van der Waals surface area contributed by atoms with Crippen LogP contribution in [0.3, 0.4) is 0 Å². The quantitative estimate of drug-likeness (QED) is 0.822. The Morgan fingerprint density at radius 1 is 1.00 bits per heavy atom. The molecule has 0 aliphatic heterocycles. The molecule has 3 nitrogen and oxygen atoms in total. The molecule has 0 unspecified atom stereocenters. The van der Waals surface area contributed by atoms with Crippen LogP contribution in [0.1, 0.15) is 27.8 Å². The average Bonchev–Trinajstić information content (AvgIpc) is 2.79. The van der Waals surface area contributed by atoms with Crippen molar-refractivity contribution in [2.24, 2.45) is 0 Å². The zero-order chi connectivity index (χ0) is 15.3. The summed E-state index contributed by atoms with van der Waals surface area (Å²) in [5.41, 5.74) is 7.77. The summed E-state index contributed by atoms with van der Waals surface area (Å²) in [4.78, 5) is 12.1. The van der Waals surface area contributed by atoms with Crippen LogP contribution in [0.2, 0.25) is 0 Å². The molecular formula is C19H16O3. The van der Waals surface area contributed by atoms with E-state index in [0.717, 1.165) is 23.1 Å². The molecule has 22 heavy (non-hydrogen) atoms. The molecule has 3 heteroatoms. The molecule has 0 heterocycles. The van der Waals surface area contributed by atoms with Gasteiger partial charge in [0, 0.05) is 12.0 Å². The molecule has 2 aromatic rings. The van der Waals surface area contributed by atoms with E-state index >= 15 is 0 Å². The van der Waals surface area contributed by atoms with Crippen LogP contribution < -0.4 is 0 Å². The van der Waals surface area contributed by atoms with Crippen molar-refractivity contribution in [2.45, 2.75) is 19.3 Å². The summed E-state index contributed by atoms with van der Waals surface area (Å²) in [6.07, 6.45) is 2.15. The zero-order valence-electron chi connectivity index (χ0n) is 12.3. The number of rotatable bonds is 1. The van der Waals surface area contributed by atoms with Crippen molar-refractivity contribution in [3.8, 4) is 5.75 Å². The lowest BCUT2D eigenvalue weighted by Crippen LogP contribution is -2.06. The summed E-state index contributed by atoms with van der Waals surface area (Å²) in [6.45, 7) is 0. The molecule has 2 aliphatic carbocycles. The molecule has 2 aliphatic rings. The summed E-state index contributed by atoms with van der Waals surface area (Å²) in [5.74, 6) is 0.0495. The smallest absolute Gasteiger partial charge is 0.334 e. The molecule has 0 radical (unpaired) electrons. The predicted octanol–water partition coefficient (Wildman–Crippen LogP) is 3.02. The topological polar surface area (TPSA) is 46.5 Å². The van der Waals surface area contributed by atoms with E-state index in [1.807, 2.05) is 18.2 Å². The number of benzene rings is 2. The van der Waals surface area contributed by atoms with Gasteiger partial charge in [-0.2, -0.15) is 0 Å². The van der Waals surface area contributed by atoms with Gasteiger partial charge in [-0.1, -0.05) is 24.3 Å². The summed E-state index contributed by atoms with van der Waals surface area (Å²) in [6, 6.07) is 11.7. The molecule has 0 saturated carbocycles. The summed E-state index contributed by atoms with van der Waals surface area (Å²) < 4.78 is 4.97. The van der Waals surface area contributed by atoms with Crippen LogP contribution in [0.5, 0.6) is 5.75 Å². The number of esters is 1. The second-order valence-electron chi connectivity index (χ2n) is 5.88. The van der Waals surface area contributed by atoms with Gasteiger partial charge in [0.1, 0.15) is 5.75 Å². The van der Waals surface area contributed by atoms with E-state index in [0.29, 0.717) is 12.8 Å².